The molecule has 30 heavy (non-hydrogen) atoms. The van der Waals surface area contributed by atoms with E-state index < -0.39 is 11.4 Å². The second-order valence-corrected chi connectivity index (χ2v) is 7.14. The number of ether oxygens (including phenoxy) is 2. The third-order valence-corrected chi connectivity index (χ3v) is 5.05. The molecule has 0 fully saturated rings. The Kier molecular flexibility index (Phi) is 9.19. The van der Waals surface area contributed by atoms with Crippen molar-refractivity contribution in [3.63, 3.8) is 0 Å². The van der Waals surface area contributed by atoms with Crippen LogP contribution in [0, 0.1) is 0 Å². The number of carbonyl (C=O) groups is 2. The summed E-state index contributed by atoms with van der Waals surface area (Å²) in [6.45, 7) is 4.91. The Bertz CT molecular complexity index is 730. The van der Waals surface area contributed by atoms with Gasteiger partial charge in [-0.3, -0.25) is 9.59 Å². The maximum atomic E-state index is 11.4. The third kappa shape index (κ3) is 5.75. The first kappa shape index (κ1) is 23.3. The van der Waals surface area contributed by atoms with Crippen molar-refractivity contribution in [2.24, 2.45) is 10.2 Å². The Morgan fingerprint density at radius 1 is 0.700 bits per heavy atom. The van der Waals surface area contributed by atoms with Gasteiger partial charge in [0.15, 0.2) is 0 Å². The average Bonchev–Trinajstić information content (AvgIpc) is 2.80. The second-order valence-electron chi connectivity index (χ2n) is 7.14. The summed E-state index contributed by atoms with van der Waals surface area (Å²) >= 11 is 0. The molecule has 0 aliphatic heterocycles. The van der Waals surface area contributed by atoms with Gasteiger partial charge in [0.1, 0.15) is 0 Å². The molecule has 0 bridgehead atoms. The summed E-state index contributed by atoms with van der Waals surface area (Å²) in [4.78, 5) is 22.9. The van der Waals surface area contributed by atoms with Crippen molar-refractivity contribution in [3.8, 4) is 0 Å². The minimum Gasteiger partial charge on any atom is -0.433 e. The second kappa shape index (κ2) is 11.9. The van der Waals surface area contributed by atoms with Gasteiger partial charge in [-0.15, -0.1) is 10.2 Å². The highest BCUT2D eigenvalue weighted by Crippen LogP contribution is 2.38. The van der Waals surface area contributed by atoms with Gasteiger partial charge in [0.25, 0.3) is 12.9 Å². The molecule has 2 aromatic rings. The minimum absolute atomic E-state index is 0.401. The van der Waals surface area contributed by atoms with Crippen LogP contribution in [0.1, 0.15) is 63.5 Å². The Hall–Kier alpha value is -3.02. The lowest BCUT2D eigenvalue weighted by molar-refractivity contribution is -0.152. The van der Waals surface area contributed by atoms with Crippen molar-refractivity contribution in [2.75, 3.05) is 0 Å². The monoisotopic (exact) mass is 410 g/mol. The van der Waals surface area contributed by atoms with Crippen LogP contribution in [0.5, 0.6) is 0 Å². The molecule has 0 N–H and O–H groups in total. The van der Waals surface area contributed by atoms with E-state index >= 15 is 0 Å². The van der Waals surface area contributed by atoms with E-state index in [0.29, 0.717) is 25.8 Å². The molecule has 2 atom stereocenters. The normalized spacial score (nSPS) is 15.1. The molecule has 0 aromatic heterocycles. The Balaban J connectivity index is 2.59. The van der Waals surface area contributed by atoms with Gasteiger partial charge in [0.05, 0.1) is 0 Å². The number of hydrogen-bond donors (Lipinski definition) is 0. The van der Waals surface area contributed by atoms with E-state index in [-0.39, 0.29) is 0 Å². The summed E-state index contributed by atoms with van der Waals surface area (Å²) in [7, 11) is 0. The van der Waals surface area contributed by atoms with Gasteiger partial charge in [0, 0.05) is 24.0 Å². The van der Waals surface area contributed by atoms with Crippen molar-refractivity contribution < 1.29 is 19.1 Å². The molecule has 0 radical (unpaired) electrons. The van der Waals surface area contributed by atoms with Crippen LogP contribution in [0.15, 0.2) is 70.9 Å². The molecule has 0 heterocycles. The highest BCUT2D eigenvalue weighted by atomic mass is 16.6. The van der Waals surface area contributed by atoms with Crippen LogP contribution in [-0.4, -0.2) is 12.9 Å². The Morgan fingerprint density at radius 2 is 1.07 bits per heavy atom. The lowest BCUT2D eigenvalue weighted by Gasteiger charge is -2.31. The fourth-order valence-electron chi connectivity index (χ4n) is 3.36. The van der Waals surface area contributed by atoms with Crippen LogP contribution >= 0.6 is 0 Å². The molecule has 2 unspecified atom stereocenters. The van der Waals surface area contributed by atoms with E-state index in [1.54, 1.807) is 0 Å². The number of carbonyl (C=O) groups excluding carboxylic acids is 2. The van der Waals surface area contributed by atoms with Crippen LogP contribution in [0.4, 0.5) is 0 Å². The van der Waals surface area contributed by atoms with E-state index in [2.05, 4.69) is 24.1 Å². The Morgan fingerprint density at radius 3 is 1.37 bits per heavy atom. The number of unbranched alkanes of at least 4 members (excludes halogenated alkanes) is 2. The maximum Gasteiger partial charge on any atom is 0.295 e. The summed E-state index contributed by atoms with van der Waals surface area (Å²) in [6, 6.07) is 18.7. The summed E-state index contributed by atoms with van der Waals surface area (Å²) in [6.07, 6.45) is 4.30. The number of nitrogens with zero attached hydrogens (tertiary/aromatic N) is 2. The van der Waals surface area contributed by atoms with Gasteiger partial charge in [-0.1, -0.05) is 87.4 Å². The lowest BCUT2D eigenvalue weighted by Crippen LogP contribution is -2.31. The molecule has 6 nitrogen and oxygen atoms in total. The zero-order valence-electron chi connectivity index (χ0n) is 17.7. The van der Waals surface area contributed by atoms with Crippen LogP contribution in [0.3, 0.4) is 0 Å². The third-order valence-electron chi connectivity index (χ3n) is 5.05. The van der Waals surface area contributed by atoms with Crippen LogP contribution in [0.2, 0.25) is 0 Å². The molecule has 2 aromatic carbocycles. The summed E-state index contributed by atoms with van der Waals surface area (Å²) in [5.74, 6) is 0. The van der Waals surface area contributed by atoms with Crippen molar-refractivity contribution in [2.45, 2.75) is 63.8 Å². The largest absolute Gasteiger partial charge is 0.433 e. The number of rotatable bonds is 14. The molecule has 2 rings (SSSR count). The predicted octanol–water partition coefficient (Wildman–Crippen LogP) is 5.87. The van der Waals surface area contributed by atoms with Crippen molar-refractivity contribution in [3.05, 3.63) is 71.8 Å². The molecular formula is C24H30N2O4. The number of benzene rings is 2. The standard InChI is InChI=1S/C24H30N2O4/c1-3-5-17-23(29-19-27,21-13-9-7-10-14-21)25-26-24(30-20-28,18-6-4-2)22-15-11-8-12-16-22/h7-16,19-20H,3-6,17-18H2,1-2H3/b26-25+. The highest BCUT2D eigenvalue weighted by Gasteiger charge is 2.39. The molecule has 0 spiro atoms. The first-order chi connectivity index (χ1) is 14.7. The van der Waals surface area contributed by atoms with E-state index in [9.17, 15) is 9.59 Å². The van der Waals surface area contributed by atoms with Crippen LogP contribution in [0.25, 0.3) is 0 Å². The summed E-state index contributed by atoms with van der Waals surface area (Å²) < 4.78 is 11.1. The van der Waals surface area contributed by atoms with Crippen molar-refractivity contribution >= 4 is 12.9 Å². The van der Waals surface area contributed by atoms with Gasteiger partial charge < -0.3 is 9.47 Å². The quantitative estimate of drug-likeness (QED) is 0.288. The maximum absolute atomic E-state index is 11.4. The first-order valence-electron chi connectivity index (χ1n) is 10.4. The topological polar surface area (TPSA) is 77.3 Å². The first-order valence-corrected chi connectivity index (χ1v) is 10.4. The van der Waals surface area contributed by atoms with Crippen molar-refractivity contribution in [1.82, 2.24) is 0 Å². The van der Waals surface area contributed by atoms with Crippen molar-refractivity contribution in [1.29, 1.82) is 0 Å². The molecule has 0 saturated carbocycles. The summed E-state index contributed by atoms with van der Waals surface area (Å²) in [5.41, 5.74) is -1.12. The predicted molar refractivity (Wildman–Crippen MR) is 114 cm³/mol. The lowest BCUT2D eigenvalue weighted by atomic mass is 9.96. The van der Waals surface area contributed by atoms with E-state index in [1.165, 1.54) is 0 Å². The summed E-state index contributed by atoms with van der Waals surface area (Å²) in [5, 5.41) is 9.12. The molecule has 0 aliphatic rings. The fourth-order valence-corrected chi connectivity index (χ4v) is 3.36. The van der Waals surface area contributed by atoms with E-state index in [0.717, 1.165) is 36.8 Å². The fraction of sp³-hybridized carbons (Fsp3) is 0.417. The van der Waals surface area contributed by atoms with Gasteiger partial charge in [0.2, 0.25) is 11.4 Å². The molecular weight excluding hydrogens is 380 g/mol. The average molecular weight is 411 g/mol. The molecule has 0 saturated heterocycles. The Labute approximate surface area is 178 Å². The molecule has 160 valence electrons. The van der Waals surface area contributed by atoms with E-state index in [1.807, 2.05) is 60.7 Å². The number of azo groups is 1. The highest BCUT2D eigenvalue weighted by molar-refractivity contribution is 5.41. The minimum atomic E-state index is -1.28. The van der Waals surface area contributed by atoms with Gasteiger partial charge >= 0.3 is 0 Å². The van der Waals surface area contributed by atoms with Gasteiger partial charge in [-0.25, -0.2) is 0 Å². The molecule has 0 aliphatic carbocycles. The van der Waals surface area contributed by atoms with E-state index in [4.69, 9.17) is 9.47 Å². The van der Waals surface area contributed by atoms with Crippen LogP contribution in [-0.2, 0) is 30.5 Å². The van der Waals surface area contributed by atoms with Gasteiger partial charge in [-0.2, -0.15) is 0 Å². The van der Waals surface area contributed by atoms with Crippen LogP contribution < -0.4 is 0 Å². The zero-order chi connectivity index (χ0) is 21.7. The number of hydrogen-bond acceptors (Lipinski definition) is 6. The SMILES string of the molecule is CCCCC(/N=N/C(CCCC)(OC=O)c1ccccc1)(OC=O)c1ccccc1. The smallest absolute Gasteiger partial charge is 0.295 e. The molecule has 6 heteroatoms. The van der Waals surface area contributed by atoms with Gasteiger partial charge in [-0.05, 0) is 12.8 Å². The molecule has 0 amide bonds. The zero-order valence-corrected chi connectivity index (χ0v) is 17.7.